The van der Waals surface area contributed by atoms with Gasteiger partial charge in [0.2, 0.25) is 11.8 Å². The van der Waals surface area contributed by atoms with Crippen LogP contribution in [0.25, 0.3) is 0 Å². The molecular formula is C23H32N4O3. The van der Waals surface area contributed by atoms with Gasteiger partial charge in [-0.25, -0.2) is 0 Å². The minimum atomic E-state index is -0.663. The van der Waals surface area contributed by atoms with Crippen molar-refractivity contribution >= 4 is 23.4 Å². The molecule has 3 atom stereocenters. The molecular weight excluding hydrogens is 380 g/mol. The SMILES string of the molecule is Cc1ccc2c(c1)N[C@]1(CCC(=O)N([C@@H](C)C(=O)N3CCCC[C@@H]3C)CC1)NC2=O. The minimum absolute atomic E-state index is 0.0246. The van der Waals surface area contributed by atoms with Crippen molar-refractivity contribution in [2.45, 2.75) is 77.0 Å². The van der Waals surface area contributed by atoms with Crippen LogP contribution in [0.4, 0.5) is 5.69 Å². The average Bonchev–Trinajstić information content (AvgIpc) is 2.86. The molecule has 7 nitrogen and oxygen atoms in total. The molecule has 0 unspecified atom stereocenters. The summed E-state index contributed by atoms with van der Waals surface area (Å²) >= 11 is 0. The molecule has 3 aliphatic rings. The number of likely N-dealkylation sites (tertiary alicyclic amines) is 2. The highest BCUT2D eigenvalue weighted by Gasteiger charge is 2.42. The first-order valence-corrected chi connectivity index (χ1v) is 11.1. The third-order valence-electron chi connectivity index (χ3n) is 6.92. The zero-order valence-corrected chi connectivity index (χ0v) is 18.2. The second kappa shape index (κ2) is 7.93. The molecule has 30 heavy (non-hydrogen) atoms. The first kappa shape index (κ1) is 20.7. The summed E-state index contributed by atoms with van der Waals surface area (Å²) < 4.78 is 0. The Hall–Kier alpha value is -2.57. The van der Waals surface area contributed by atoms with Crippen LogP contribution in [-0.4, -0.2) is 58.4 Å². The number of carbonyl (C=O) groups excluding carboxylic acids is 3. The van der Waals surface area contributed by atoms with E-state index in [9.17, 15) is 14.4 Å². The van der Waals surface area contributed by atoms with Gasteiger partial charge in [-0.3, -0.25) is 14.4 Å². The Morgan fingerprint density at radius 1 is 1.17 bits per heavy atom. The molecule has 0 aromatic heterocycles. The van der Waals surface area contributed by atoms with Crippen molar-refractivity contribution in [3.63, 3.8) is 0 Å². The summed E-state index contributed by atoms with van der Waals surface area (Å²) in [4.78, 5) is 42.4. The number of hydrogen-bond donors (Lipinski definition) is 2. The fraction of sp³-hybridized carbons (Fsp3) is 0.609. The number of amides is 3. The normalized spacial score (nSPS) is 27.8. The van der Waals surface area contributed by atoms with Crippen LogP contribution < -0.4 is 10.6 Å². The minimum Gasteiger partial charge on any atom is -0.362 e. The van der Waals surface area contributed by atoms with Gasteiger partial charge in [0.15, 0.2) is 0 Å². The summed E-state index contributed by atoms with van der Waals surface area (Å²) in [5, 5.41) is 6.60. The Kier molecular flexibility index (Phi) is 5.47. The quantitative estimate of drug-likeness (QED) is 0.782. The molecule has 3 aliphatic heterocycles. The Balaban J connectivity index is 1.50. The lowest BCUT2D eigenvalue weighted by Crippen LogP contribution is -2.58. The Labute approximate surface area is 178 Å². The zero-order chi connectivity index (χ0) is 21.5. The Morgan fingerprint density at radius 2 is 1.97 bits per heavy atom. The molecule has 4 rings (SSSR count). The summed E-state index contributed by atoms with van der Waals surface area (Å²) in [5.41, 5.74) is 1.85. The maximum atomic E-state index is 13.1. The van der Waals surface area contributed by atoms with Gasteiger partial charge in [-0.2, -0.15) is 0 Å². The van der Waals surface area contributed by atoms with Crippen molar-refractivity contribution in [3.8, 4) is 0 Å². The van der Waals surface area contributed by atoms with Crippen molar-refractivity contribution in [1.82, 2.24) is 15.1 Å². The summed E-state index contributed by atoms with van der Waals surface area (Å²) in [5.74, 6) is -0.104. The van der Waals surface area contributed by atoms with E-state index in [2.05, 4.69) is 17.6 Å². The molecule has 0 saturated carbocycles. The van der Waals surface area contributed by atoms with Crippen molar-refractivity contribution in [3.05, 3.63) is 29.3 Å². The molecule has 0 bridgehead atoms. The van der Waals surface area contributed by atoms with Gasteiger partial charge >= 0.3 is 0 Å². The maximum Gasteiger partial charge on any atom is 0.255 e. The third-order valence-corrected chi connectivity index (χ3v) is 6.92. The van der Waals surface area contributed by atoms with Crippen LogP contribution in [0.2, 0.25) is 0 Å². The molecule has 1 spiro atoms. The van der Waals surface area contributed by atoms with Crippen molar-refractivity contribution in [2.24, 2.45) is 0 Å². The van der Waals surface area contributed by atoms with Gasteiger partial charge in [0.25, 0.3) is 5.91 Å². The number of nitrogens with zero attached hydrogens (tertiary/aromatic N) is 2. The fourth-order valence-electron chi connectivity index (χ4n) is 5.02. The van der Waals surface area contributed by atoms with Crippen molar-refractivity contribution < 1.29 is 14.4 Å². The van der Waals surface area contributed by atoms with Crippen molar-refractivity contribution in [2.75, 3.05) is 18.4 Å². The molecule has 3 amide bonds. The van der Waals surface area contributed by atoms with Crippen LogP contribution in [-0.2, 0) is 9.59 Å². The van der Waals surface area contributed by atoms with Gasteiger partial charge in [0.1, 0.15) is 11.7 Å². The standard InChI is InChI=1S/C23H32N4O3/c1-15-7-8-18-19(14-15)24-23(25-21(18)29)10-9-20(28)27(13-11-23)17(3)22(30)26-12-5-4-6-16(26)2/h7-8,14,16-17,24H,4-6,9-13H2,1-3H3,(H,25,29)/t16-,17-,23+/m0/s1. The Bertz CT molecular complexity index is 870. The number of carbonyl (C=O) groups is 3. The second-order valence-electron chi connectivity index (χ2n) is 9.10. The molecule has 0 radical (unpaired) electrons. The number of nitrogens with one attached hydrogen (secondary N) is 2. The third kappa shape index (κ3) is 3.77. The number of fused-ring (bicyclic) bond motifs is 1. The highest BCUT2D eigenvalue weighted by atomic mass is 16.2. The maximum absolute atomic E-state index is 13.1. The highest BCUT2D eigenvalue weighted by Crippen LogP contribution is 2.33. The Morgan fingerprint density at radius 3 is 2.73 bits per heavy atom. The number of aryl methyl sites for hydroxylation is 1. The molecule has 2 fully saturated rings. The van der Waals surface area contributed by atoms with E-state index >= 15 is 0 Å². The van der Waals surface area contributed by atoms with Crippen molar-refractivity contribution in [1.29, 1.82) is 0 Å². The second-order valence-corrected chi connectivity index (χ2v) is 9.10. The van der Waals surface area contributed by atoms with Crippen LogP contribution in [0.5, 0.6) is 0 Å². The molecule has 1 aromatic rings. The smallest absolute Gasteiger partial charge is 0.255 e. The average molecular weight is 413 g/mol. The number of benzene rings is 1. The highest BCUT2D eigenvalue weighted by molar-refractivity contribution is 6.02. The van der Waals surface area contributed by atoms with E-state index in [1.807, 2.05) is 36.9 Å². The molecule has 7 heteroatoms. The van der Waals surface area contributed by atoms with E-state index in [-0.39, 0.29) is 23.8 Å². The van der Waals surface area contributed by atoms with Gasteiger partial charge in [-0.1, -0.05) is 6.07 Å². The molecule has 162 valence electrons. The van der Waals surface area contributed by atoms with Gasteiger partial charge in [-0.15, -0.1) is 0 Å². The zero-order valence-electron chi connectivity index (χ0n) is 18.2. The predicted octanol–water partition coefficient (Wildman–Crippen LogP) is 2.65. The monoisotopic (exact) mass is 412 g/mol. The van der Waals surface area contributed by atoms with Gasteiger partial charge in [0.05, 0.1) is 5.56 Å². The number of rotatable bonds is 2. The largest absolute Gasteiger partial charge is 0.362 e. The molecule has 3 heterocycles. The van der Waals surface area contributed by atoms with Crippen LogP contribution in [0, 0.1) is 6.92 Å². The lowest BCUT2D eigenvalue weighted by molar-refractivity contribution is -0.147. The topological polar surface area (TPSA) is 81.8 Å². The fourth-order valence-corrected chi connectivity index (χ4v) is 5.02. The number of hydrogen-bond acceptors (Lipinski definition) is 4. The van der Waals surface area contributed by atoms with Crippen LogP contribution in [0.1, 0.15) is 68.3 Å². The van der Waals surface area contributed by atoms with Crippen LogP contribution >= 0.6 is 0 Å². The molecule has 0 aliphatic carbocycles. The molecule has 1 aromatic carbocycles. The lowest BCUT2D eigenvalue weighted by Gasteiger charge is -2.40. The first-order valence-electron chi connectivity index (χ1n) is 11.1. The van der Waals surface area contributed by atoms with E-state index in [1.54, 1.807) is 4.90 Å². The predicted molar refractivity (Wildman–Crippen MR) is 115 cm³/mol. The van der Waals surface area contributed by atoms with Gasteiger partial charge in [0, 0.05) is 37.7 Å². The summed E-state index contributed by atoms with van der Waals surface area (Å²) in [6, 6.07) is 5.47. The van der Waals surface area contributed by atoms with Crippen LogP contribution in [0.3, 0.4) is 0 Å². The molecule has 2 N–H and O–H groups in total. The van der Waals surface area contributed by atoms with E-state index in [4.69, 9.17) is 0 Å². The first-order chi connectivity index (χ1) is 14.3. The van der Waals surface area contributed by atoms with Gasteiger partial charge < -0.3 is 20.4 Å². The van der Waals surface area contributed by atoms with Gasteiger partial charge in [-0.05, 0) is 64.2 Å². The summed E-state index contributed by atoms with van der Waals surface area (Å²) in [6.07, 6.45) is 4.55. The summed E-state index contributed by atoms with van der Waals surface area (Å²) in [6.45, 7) is 7.12. The van der Waals surface area contributed by atoms with E-state index < -0.39 is 11.7 Å². The number of piperidine rings is 1. The number of anilines is 1. The van der Waals surface area contributed by atoms with Crippen LogP contribution in [0.15, 0.2) is 18.2 Å². The van der Waals surface area contributed by atoms with E-state index in [1.165, 1.54) is 0 Å². The lowest BCUT2D eigenvalue weighted by atomic mass is 9.94. The summed E-state index contributed by atoms with van der Waals surface area (Å²) in [7, 11) is 0. The van der Waals surface area contributed by atoms with E-state index in [0.29, 0.717) is 31.4 Å². The molecule has 2 saturated heterocycles. The van der Waals surface area contributed by atoms with E-state index in [0.717, 1.165) is 37.1 Å².